The topological polar surface area (TPSA) is 50.4 Å². The molecular formula is C12H23N3. The molecule has 0 atom stereocenters. The molecule has 0 saturated heterocycles. The molecule has 0 aromatic carbocycles. The van der Waals surface area contributed by atoms with E-state index < -0.39 is 0 Å². The summed E-state index contributed by atoms with van der Waals surface area (Å²) in [4.78, 5) is 4.37. The summed E-state index contributed by atoms with van der Waals surface area (Å²) in [6.45, 7) is 10.4. The summed E-state index contributed by atoms with van der Waals surface area (Å²) in [5.74, 6) is 0.430. The highest BCUT2D eigenvalue weighted by molar-refractivity contribution is 6.02. The van der Waals surface area contributed by atoms with Crippen LogP contribution in [0.3, 0.4) is 0 Å². The first-order valence-corrected chi connectivity index (χ1v) is 5.57. The molecule has 0 radical (unpaired) electrons. The Labute approximate surface area is 92.8 Å². The van der Waals surface area contributed by atoms with Crippen molar-refractivity contribution in [2.75, 3.05) is 20.1 Å². The van der Waals surface area contributed by atoms with Crippen molar-refractivity contribution in [3.63, 3.8) is 0 Å². The van der Waals surface area contributed by atoms with Gasteiger partial charge in [-0.15, -0.1) is 0 Å². The quantitative estimate of drug-likeness (QED) is 0.678. The Morgan fingerprint density at radius 3 is 2.53 bits per heavy atom. The van der Waals surface area contributed by atoms with Crippen LogP contribution in [-0.4, -0.2) is 25.8 Å². The van der Waals surface area contributed by atoms with E-state index in [4.69, 9.17) is 5.73 Å². The maximum atomic E-state index is 6.23. The van der Waals surface area contributed by atoms with Crippen molar-refractivity contribution in [1.29, 1.82) is 0 Å². The van der Waals surface area contributed by atoms with E-state index in [9.17, 15) is 0 Å². The van der Waals surface area contributed by atoms with Gasteiger partial charge < -0.3 is 11.1 Å². The van der Waals surface area contributed by atoms with E-state index in [1.54, 1.807) is 0 Å². The van der Waals surface area contributed by atoms with Gasteiger partial charge in [-0.25, -0.2) is 0 Å². The lowest BCUT2D eigenvalue weighted by atomic mass is 9.81. The number of hydrogen-bond donors (Lipinski definition) is 2. The first-order chi connectivity index (χ1) is 6.90. The number of hydrogen-bond acceptors (Lipinski definition) is 3. The van der Waals surface area contributed by atoms with Crippen LogP contribution in [0.1, 0.15) is 27.7 Å². The van der Waals surface area contributed by atoms with Crippen LogP contribution in [0, 0.1) is 11.3 Å². The van der Waals surface area contributed by atoms with Crippen LogP contribution in [0.5, 0.6) is 0 Å². The summed E-state index contributed by atoms with van der Waals surface area (Å²) in [6, 6.07) is 0. The molecule has 0 aromatic rings. The van der Waals surface area contributed by atoms with Crippen LogP contribution >= 0.6 is 0 Å². The van der Waals surface area contributed by atoms with Crippen LogP contribution in [0.25, 0.3) is 0 Å². The van der Waals surface area contributed by atoms with Gasteiger partial charge in [-0.2, -0.15) is 0 Å². The average Bonchev–Trinajstić information content (AvgIpc) is 2.13. The van der Waals surface area contributed by atoms with Gasteiger partial charge in [-0.3, -0.25) is 4.99 Å². The Bertz CT molecular complexity index is 298. The van der Waals surface area contributed by atoms with Crippen molar-refractivity contribution in [3.05, 3.63) is 11.3 Å². The van der Waals surface area contributed by atoms with Gasteiger partial charge in [-0.05, 0) is 5.92 Å². The lowest BCUT2D eigenvalue weighted by molar-refractivity contribution is 0.387. The van der Waals surface area contributed by atoms with E-state index in [1.807, 2.05) is 7.05 Å². The molecular weight excluding hydrogens is 186 g/mol. The Balaban J connectivity index is 3.13. The molecule has 3 N–H and O–H groups in total. The van der Waals surface area contributed by atoms with Crippen molar-refractivity contribution in [2.45, 2.75) is 27.7 Å². The number of nitrogens with one attached hydrogen (secondary N) is 1. The summed E-state index contributed by atoms with van der Waals surface area (Å²) >= 11 is 0. The SMILES string of the molecule is CN=C(C1=C(N)C(C)(C)CNC1)C(C)C. The standard InChI is InChI=1S/C12H23N3/c1-8(2)10(14-5)9-6-15-7-12(3,4)11(9)13/h8,15H,6-7,13H2,1-5H3. The van der Waals surface area contributed by atoms with Crippen molar-refractivity contribution < 1.29 is 0 Å². The second kappa shape index (κ2) is 4.35. The van der Waals surface area contributed by atoms with Crippen LogP contribution < -0.4 is 11.1 Å². The molecule has 1 heterocycles. The molecule has 1 aliphatic rings. The molecule has 0 aliphatic carbocycles. The van der Waals surface area contributed by atoms with E-state index >= 15 is 0 Å². The van der Waals surface area contributed by atoms with Gasteiger partial charge >= 0.3 is 0 Å². The van der Waals surface area contributed by atoms with Gasteiger partial charge in [0.25, 0.3) is 0 Å². The highest BCUT2D eigenvalue weighted by Crippen LogP contribution is 2.28. The molecule has 1 rings (SSSR count). The molecule has 1 aliphatic heterocycles. The highest BCUT2D eigenvalue weighted by Gasteiger charge is 2.30. The number of aliphatic imine (C=N–C) groups is 1. The van der Waals surface area contributed by atoms with Gasteiger partial charge in [0.15, 0.2) is 0 Å². The fourth-order valence-electron chi connectivity index (χ4n) is 2.07. The molecule has 15 heavy (non-hydrogen) atoms. The largest absolute Gasteiger partial charge is 0.401 e. The maximum Gasteiger partial charge on any atom is 0.0432 e. The minimum absolute atomic E-state index is 0.0401. The molecule has 0 amide bonds. The highest BCUT2D eigenvalue weighted by atomic mass is 14.9. The normalized spacial score (nSPS) is 22.4. The zero-order valence-corrected chi connectivity index (χ0v) is 10.5. The number of rotatable bonds is 2. The minimum atomic E-state index is 0.0401. The lowest BCUT2D eigenvalue weighted by Gasteiger charge is -2.34. The molecule has 86 valence electrons. The molecule has 0 fully saturated rings. The van der Waals surface area contributed by atoms with E-state index in [0.29, 0.717) is 5.92 Å². The molecule has 0 spiro atoms. The third kappa shape index (κ3) is 2.40. The summed E-state index contributed by atoms with van der Waals surface area (Å²) in [5.41, 5.74) is 9.60. The summed E-state index contributed by atoms with van der Waals surface area (Å²) in [5, 5.41) is 3.41. The second-order valence-corrected chi connectivity index (χ2v) is 5.14. The lowest BCUT2D eigenvalue weighted by Crippen LogP contribution is -2.43. The van der Waals surface area contributed by atoms with Crippen molar-refractivity contribution in [3.8, 4) is 0 Å². The Morgan fingerprint density at radius 1 is 1.47 bits per heavy atom. The van der Waals surface area contributed by atoms with E-state index in [-0.39, 0.29) is 5.41 Å². The summed E-state index contributed by atoms with van der Waals surface area (Å²) < 4.78 is 0. The molecule has 3 nitrogen and oxygen atoms in total. The number of nitrogens with two attached hydrogens (primary N) is 1. The Morgan fingerprint density at radius 2 is 2.07 bits per heavy atom. The molecule has 0 bridgehead atoms. The van der Waals surface area contributed by atoms with Gasteiger partial charge in [0, 0.05) is 42.5 Å². The molecule has 0 saturated carbocycles. The number of nitrogens with zero attached hydrogens (tertiary/aromatic N) is 1. The van der Waals surface area contributed by atoms with Crippen LogP contribution in [0.15, 0.2) is 16.3 Å². The maximum absolute atomic E-state index is 6.23. The Kier molecular flexibility index (Phi) is 3.55. The fourth-order valence-corrected chi connectivity index (χ4v) is 2.07. The van der Waals surface area contributed by atoms with E-state index in [0.717, 1.165) is 24.5 Å². The first-order valence-electron chi connectivity index (χ1n) is 5.57. The zero-order chi connectivity index (χ0) is 11.6. The average molecular weight is 209 g/mol. The summed E-state index contributed by atoms with van der Waals surface area (Å²) in [7, 11) is 1.84. The monoisotopic (exact) mass is 209 g/mol. The van der Waals surface area contributed by atoms with Crippen molar-refractivity contribution in [2.24, 2.45) is 22.1 Å². The van der Waals surface area contributed by atoms with Crippen LogP contribution in [-0.2, 0) is 0 Å². The first kappa shape index (κ1) is 12.2. The second-order valence-electron chi connectivity index (χ2n) is 5.14. The van der Waals surface area contributed by atoms with Gasteiger partial charge in [0.1, 0.15) is 0 Å². The predicted molar refractivity (Wildman–Crippen MR) is 66.1 cm³/mol. The minimum Gasteiger partial charge on any atom is -0.401 e. The Hall–Kier alpha value is -0.830. The van der Waals surface area contributed by atoms with E-state index in [2.05, 4.69) is 38.0 Å². The fraction of sp³-hybridized carbons (Fsp3) is 0.750. The van der Waals surface area contributed by atoms with Gasteiger partial charge in [-0.1, -0.05) is 27.7 Å². The third-order valence-electron chi connectivity index (χ3n) is 3.02. The molecule has 3 heteroatoms. The summed E-state index contributed by atoms with van der Waals surface area (Å²) in [6.07, 6.45) is 0. The zero-order valence-electron chi connectivity index (χ0n) is 10.5. The van der Waals surface area contributed by atoms with Crippen LogP contribution in [0.4, 0.5) is 0 Å². The van der Waals surface area contributed by atoms with E-state index in [1.165, 1.54) is 5.57 Å². The van der Waals surface area contributed by atoms with Crippen molar-refractivity contribution in [1.82, 2.24) is 5.32 Å². The van der Waals surface area contributed by atoms with Gasteiger partial charge in [0.05, 0.1) is 0 Å². The molecule has 0 unspecified atom stereocenters. The predicted octanol–water partition coefficient (Wildman–Crippen LogP) is 1.56. The van der Waals surface area contributed by atoms with Crippen LogP contribution in [0.2, 0.25) is 0 Å². The van der Waals surface area contributed by atoms with Gasteiger partial charge in [0.2, 0.25) is 0 Å². The van der Waals surface area contributed by atoms with Crippen molar-refractivity contribution >= 4 is 5.71 Å². The third-order valence-corrected chi connectivity index (χ3v) is 3.02. The smallest absolute Gasteiger partial charge is 0.0432 e. The molecule has 0 aromatic heterocycles.